The van der Waals surface area contributed by atoms with Crippen molar-refractivity contribution in [3.63, 3.8) is 0 Å². The summed E-state index contributed by atoms with van der Waals surface area (Å²) in [5, 5.41) is -0.155. The highest BCUT2D eigenvalue weighted by atomic mass is 35.5. The number of likely N-dealkylation sites (tertiary alicyclic amines) is 1. The minimum absolute atomic E-state index is 0.0740. The molecule has 2 aliphatic heterocycles. The minimum Gasteiger partial charge on any atom is -0.303 e. The zero-order valence-electron chi connectivity index (χ0n) is 14.5. The summed E-state index contributed by atoms with van der Waals surface area (Å²) in [5.74, 6) is -0.0434. The largest absolute Gasteiger partial charge is 0.303 e. The van der Waals surface area contributed by atoms with E-state index in [1.807, 2.05) is 0 Å². The predicted octanol–water partition coefficient (Wildman–Crippen LogP) is 3.76. The normalized spacial score (nSPS) is 22.0. The Bertz CT molecular complexity index is 682. The van der Waals surface area contributed by atoms with Crippen molar-refractivity contribution in [2.45, 2.75) is 43.4 Å². The van der Waals surface area contributed by atoms with Gasteiger partial charge in [0.05, 0.1) is 9.92 Å². The summed E-state index contributed by atoms with van der Waals surface area (Å²) in [5.41, 5.74) is 0. The van der Waals surface area contributed by atoms with E-state index in [9.17, 15) is 12.8 Å². The molecule has 0 N–H and O–H groups in total. The van der Waals surface area contributed by atoms with Gasteiger partial charge in [0.2, 0.25) is 10.0 Å². The van der Waals surface area contributed by atoms with Crippen LogP contribution < -0.4 is 0 Å². The molecule has 0 radical (unpaired) electrons. The van der Waals surface area contributed by atoms with Crippen LogP contribution in [-0.2, 0) is 10.0 Å². The summed E-state index contributed by atoms with van der Waals surface area (Å²) in [6, 6.07) is 3.61. The predicted molar refractivity (Wildman–Crippen MR) is 97.8 cm³/mol. The van der Waals surface area contributed by atoms with E-state index in [1.165, 1.54) is 55.2 Å². The number of rotatable bonds is 4. The van der Waals surface area contributed by atoms with Crippen LogP contribution >= 0.6 is 11.6 Å². The molecule has 4 nitrogen and oxygen atoms in total. The Hall–Kier alpha value is -0.690. The molecule has 0 amide bonds. The molecule has 140 valence electrons. The third-order valence-corrected chi connectivity index (χ3v) is 7.50. The van der Waals surface area contributed by atoms with E-state index in [0.29, 0.717) is 19.0 Å². The molecule has 2 fully saturated rings. The smallest absolute Gasteiger partial charge is 0.243 e. The molecule has 0 spiro atoms. The Balaban J connectivity index is 1.58. The Labute approximate surface area is 155 Å². The van der Waals surface area contributed by atoms with Crippen LogP contribution in [0.2, 0.25) is 5.02 Å². The number of piperidine rings is 1. The molecule has 2 saturated heterocycles. The van der Waals surface area contributed by atoms with Crippen molar-refractivity contribution in [3.05, 3.63) is 29.0 Å². The first-order valence-corrected chi connectivity index (χ1v) is 11.0. The second-order valence-corrected chi connectivity index (χ2v) is 9.48. The fourth-order valence-electron chi connectivity index (χ4n) is 3.80. The van der Waals surface area contributed by atoms with Crippen LogP contribution in [0.3, 0.4) is 0 Å². The Morgan fingerprint density at radius 2 is 1.68 bits per heavy atom. The molecule has 3 rings (SSSR count). The van der Waals surface area contributed by atoms with Gasteiger partial charge in [0, 0.05) is 19.6 Å². The molecule has 7 heteroatoms. The first kappa shape index (κ1) is 19.1. The van der Waals surface area contributed by atoms with Gasteiger partial charge in [0.25, 0.3) is 0 Å². The quantitative estimate of drug-likeness (QED) is 0.788. The van der Waals surface area contributed by atoms with E-state index in [0.717, 1.165) is 25.5 Å². The molecule has 0 unspecified atom stereocenters. The van der Waals surface area contributed by atoms with Gasteiger partial charge in [0.1, 0.15) is 5.82 Å². The summed E-state index contributed by atoms with van der Waals surface area (Å²) in [6.07, 6.45) is 6.97. The first-order valence-electron chi connectivity index (χ1n) is 9.14. The molecule has 0 atom stereocenters. The third kappa shape index (κ3) is 4.73. The van der Waals surface area contributed by atoms with E-state index in [1.54, 1.807) is 0 Å². The molecular weight excluding hydrogens is 363 g/mol. The number of benzene rings is 1. The van der Waals surface area contributed by atoms with Crippen LogP contribution in [0.4, 0.5) is 4.39 Å². The van der Waals surface area contributed by atoms with Gasteiger partial charge in [-0.3, -0.25) is 0 Å². The topological polar surface area (TPSA) is 40.6 Å². The van der Waals surface area contributed by atoms with E-state index in [4.69, 9.17) is 11.6 Å². The second-order valence-electron chi connectivity index (χ2n) is 7.14. The van der Waals surface area contributed by atoms with Crippen LogP contribution in [0, 0.1) is 11.7 Å². The Morgan fingerprint density at radius 1 is 1.04 bits per heavy atom. The van der Waals surface area contributed by atoms with Crippen molar-refractivity contribution in [1.29, 1.82) is 0 Å². The van der Waals surface area contributed by atoms with E-state index in [-0.39, 0.29) is 9.92 Å². The van der Waals surface area contributed by atoms with Gasteiger partial charge >= 0.3 is 0 Å². The molecule has 0 aliphatic carbocycles. The summed E-state index contributed by atoms with van der Waals surface area (Å²) >= 11 is 5.74. The Morgan fingerprint density at radius 3 is 2.28 bits per heavy atom. The van der Waals surface area contributed by atoms with Crippen molar-refractivity contribution in [2.75, 3.05) is 32.7 Å². The standard InChI is InChI=1S/C18H26ClFN2O2S/c19-17-13-16(5-6-18(17)20)25(23,24)22-11-7-15(8-12-22)14-21-9-3-1-2-4-10-21/h5-6,13,15H,1-4,7-12,14H2. The maximum Gasteiger partial charge on any atom is 0.243 e. The van der Waals surface area contributed by atoms with Gasteiger partial charge in [-0.1, -0.05) is 24.4 Å². The van der Waals surface area contributed by atoms with E-state index < -0.39 is 15.8 Å². The minimum atomic E-state index is -3.60. The Kier molecular flexibility index (Phi) is 6.36. The van der Waals surface area contributed by atoms with Crippen molar-refractivity contribution in [1.82, 2.24) is 9.21 Å². The van der Waals surface area contributed by atoms with Crippen molar-refractivity contribution >= 4 is 21.6 Å². The number of sulfonamides is 1. The lowest BCUT2D eigenvalue weighted by atomic mass is 9.97. The molecule has 2 heterocycles. The maximum atomic E-state index is 13.3. The highest BCUT2D eigenvalue weighted by Gasteiger charge is 2.30. The van der Waals surface area contributed by atoms with E-state index >= 15 is 0 Å². The molecule has 1 aromatic rings. The average molecular weight is 389 g/mol. The highest BCUT2D eigenvalue weighted by Crippen LogP contribution is 2.27. The van der Waals surface area contributed by atoms with Crippen LogP contribution in [0.15, 0.2) is 23.1 Å². The lowest BCUT2D eigenvalue weighted by Gasteiger charge is -2.34. The SMILES string of the molecule is O=S(=O)(c1ccc(F)c(Cl)c1)N1CCC(CN2CCCCCC2)CC1. The number of nitrogens with zero attached hydrogens (tertiary/aromatic N) is 2. The van der Waals surface area contributed by atoms with E-state index in [2.05, 4.69) is 4.90 Å². The maximum absolute atomic E-state index is 13.3. The van der Waals surface area contributed by atoms with Gasteiger partial charge < -0.3 is 4.90 Å². The van der Waals surface area contributed by atoms with Crippen LogP contribution in [0.1, 0.15) is 38.5 Å². The average Bonchev–Trinajstić information content (AvgIpc) is 2.86. The highest BCUT2D eigenvalue weighted by molar-refractivity contribution is 7.89. The monoisotopic (exact) mass is 388 g/mol. The van der Waals surface area contributed by atoms with Gasteiger partial charge in [-0.2, -0.15) is 4.31 Å². The summed E-state index contributed by atoms with van der Waals surface area (Å²) < 4.78 is 40.3. The van der Waals surface area contributed by atoms with Crippen molar-refractivity contribution < 1.29 is 12.8 Å². The zero-order chi connectivity index (χ0) is 17.9. The molecule has 1 aromatic carbocycles. The van der Waals surface area contributed by atoms with Gasteiger partial charge in [-0.15, -0.1) is 0 Å². The van der Waals surface area contributed by atoms with Crippen LogP contribution in [0.25, 0.3) is 0 Å². The molecular formula is C18H26ClFN2O2S. The number of hydrogen-bond acceptors (Lipinski definition) is 3. The van der Waals surface area contributed by atoms with Crippen molar-refractivity contribution in [3.8, 4) is 0 Å². The molecule has 0 saturated carbocycles. The lowest BCUT2D eigenvalue weighted by Crippen LogP contribution is -2.41. The van der Waals surface area contributed by atoms with Crippen LogP contribution in [-0.4, -0.2) is 50.3 Å². The lowest BCUT2D eigenvalue weighted by molar-refractivity contribution is 0.186. The first-order chi connectivity index (χ1) is 12.0. The van der Waals surface area contributed by atoms with Gasteiger partial charge in [-0.05, 0) is 62.9 Å². The summed E-state index contributed by atoms with van der Waals surface area (Å²) in [7, 11) is -3.60. The fourth-order valence-corrected chi connectivity index (χ4v) is 5.54. The molecule has 25 heavy (non-hydrogen) atoms. The number of hydrogen-bond donors (Lipinski definition) is 0. The molecule has 0 aromatic heterocycles. The summed E-state index contributed by atoms with van der Waals surface area (Å²) in [4.78, 5) is 2.62. The number of halogens is 2. The molecule has 0 bridgehead atoms. The van der Waals surface area contributed by atoms with Gasteiger partial charge in [0.15, 0.2) is 0 Å². The second kappa shape index (κ2) is 8.33. The summed E-state index contributed by atoms with van der Waals surface area (Å²) in [6.45, 7) is 4.47. The van der Waals surface area contributed by atoms with Crippen molar-refractivity contribution in [2.24, 2.45) is 5.92 Å². The third-order valence-electron chi connectivity index (χ3n) is 5.32. The fraction of sp³-hybridized carbons (Fsp3) is 0.667. The zero-order valence-corrected chi connectivity index (χ0v) is 16.0. The van der Waals surface area contributed by atoms with Crippen LogP contribution in [0.5, 0.6) is 0 Å². The van der Waals surface area contributed by atoms with Gasteiger partial charge in [-0.25, -0.2) is 12.8 Å². The molecule has 2 aliphatic rings.